The number of aliphatic hydroxyl groups excluding tert-OH is 1. The number of carbonyl (C=O) groups is 1. The molecule has 4 nitrogen and oxygen atoms in total. The highest BCUT2D eigenvalue weighted by Gasteiger charge is 2.08. The summed E-state index contributed by atoms with van der Waals surface area (Å²) in [6.07, 6.45) is 0.0804. The van der Waals surface area contributed by atoms with Crippen LogP contribution in [0.3, 0.4) is 0 Å². The minimum Gasteiger partial charge on any atom is -0.398 e. The number of amides is 1. The fraction of sp³-hybridized carbons (Fsp3) is 0.364. The zero-order chi connectivity index (χ0) is 12.1. The van der Waals surface area contributed by atoms with Gasteiger partial charge in [-0.05, 0) is 24.6 Å². The number of nitrogen functional groups attached to an aromatic ring is 1. The Labute approximate surface area is 99.4 Å². The predicted molar refractivity (Wildman–Crippen MR) is 64.5 cm³/mol. The van der Waals surface area contributed by atoms with Crippen molar-refractivity contribution in [3.05, 3.63) is 28.8 Å². The molecule has 1 amide bonds. The first-order valence-corrected chi connectivity index (χ1v) is 5.43. The highest BCUT2D eigenvalue weighted by molar-refractivity contribution is 6.33. The van der Waals surface area contributed by atoms with Crippen LogP contribution in [0.25, 0.3) is 0 Å². The monoisotopic (exact) mass is 242 g/mol. The molecule has 0 radical (unpaired) electrons. The molecule has 0 spiro atoms. The molecule has 0 aliphatic carbocycles. The van der Waals surface area contributed by atoms with Gasteiger partial charge in [-0.15, -0.1) is 0 Å². The average molecular weight is 243 g/mol. The molecule has 88 valence electrons. The second-order valence-electron chi connectivity index (χ2n) is 3.51. The second-order valence-corrected chi connectivity index (χ2v) is 3.92. The number of anilines is 1. The third kappa shape index (κ3) is 3.40. The van der Waals surface area contributed by atoms with Gasteiger partial charge in [0.1, 0.15) is 0 Å². The van der Waals surface area contributed by atoms with Gasteiger partial charge in [0.05, 0.1) is 16.8 Å². The van der Waals surface area contributed by atoms with Gasteiger partial charge in [-0.25, -0.2) is 0 Å². The molecule has 1 unspecified atom stereocenters. The number of hydrogen-bond acceptors (Lipinski definition) is 3. The molecule has 1 aromatic rings. The Morgan fingerprint density at radius 3 is 2.88 bits per heavy atom. The lowest BCUT2D eigenvalue weighted by Gasteiger charge is -2.10. The molecular formula is C11H15ClN2O2. The van der Waals surface area contributed by atoms with Gasteiger partial charge < -0.3 is 16.2 Å². The van der Waals surface area contributed by atoms with Crippen molar-refractivity contribution in [3.8, 4) is 0 Å². The van der Waals surface area contributed by atoms with Crippen molar-refractivity contribution in [2.75, 3.05) is 12.3 Å². The number of nitrogens with two attached hydrogens (primary N) is 1. The van der Waals surface area contributed by atoms with E-state index in [0.29, 0.717) is 22.7 Å². The number of nitrogens with one attached hydrogen (secondary N) is 1. The van der Waals surface area contributed by atoms with Crippen LogP contribution in [0, 0.1) is 0 Å². The average Bonchev–Trinajstić information content (AvgIpc) is 2.29. The first-order chi connectivity index (χ1) is 7.54. The molecule has 1 rings (SSSR count). The fourth-order valence-corrected chi connectivity index (χ4v) is 1.26. The molecule has 1 atom stereocenters. The van der Waals surface area contributed by atoms with E-state index in [9.17, 15) is 9.90 Å². The van der Waals surface area contributed by atoms with Crippen molar-refractivity contribution in [2.24, 2.45) is 0 Å². The largest absolute Gasteiger partial charge is 0.398 e. The Kier molecular flexibility index (Phi) is 4.58. The SMILES string of the molecule is CCC(O)CNC(=O)c1ccc(Cl)c(N)c1. The van der Waals surface area contributed by atoms with E-state index in [1.807, 2.05) is 6.92 Å². The smallest absolute Gasteiger partial charge is 0.251 e. The van der Waals surface area contributed by atoms with Crippen molar-refractivity contribution in [2.45, 2.75) is 19.4 Å². The van der Waals surface area contributed by atoms with Gasteiger partial charge in [-0.2, -0.15) is 0 Å². The number of aliphatic hydroxyl groups is 1. The van der Waals surface area contributed by atoms with Gasteiger partial charge in [-0.3, -0.25) is 4.79 Å². The van der Waals surface area contributed by atoms with Gasteiger partial charge in [-0.1, -0.05) is 18.5 Å². The van der Waals surface area contributed by atoms with Crippen LogP contribution in [0.5, 0.6) is 0 Å². The van der Waals surface area contributed by atoms with Crippen LogP contribution in [0.4, 0.5) is 5.69 Å². The minimum atomic E-state index is -0.520. The number of halogens is 1. The first kappa shape index (κ1) is 12.8. The molecule has 0 saturated heterocycles. The highest BCUT2D eigenvalue weighted by atomic mass is 35.5. The number of carbonyl (C=O) groups excluding carboxylic acids is 1. The van der Waals surface area contributed by atoms with Gasteiger partial charge in [0.2, 0.25) is 0 Å². The van der Waals surface area contributed by atoms with E-state index in [2.05, 4.69) is 5.32 Å². The van der Waals surface area contributed by atoms with Gasteiger partial charge in [0.15, 0.2) is 0 Å². The van der Waals surface area contributed by atoms with Gasteiger partial charge >= 0.3 is 0 Å². The lowest BCUT2D eigenvalue weighted by Crippen LogP contribution is -2.31. The summed E-state index contributed by atoms with van der Waals surface area (Å²) < 4.78 is 0. The maximum atomic E-state index is 11.6. The first-order valence-electron chi connectivity index (χ1n) is 5.06. The van der Waals surface area contributed by atoms with E-state index >= 15 is 0 Å². The Balaban J connectivity index is 2.63. The van der Waals surface area contributed by atoms with Crippen LogP contribution in [-0.4, -0.2) is 23.7 Å². The van der Waals surface area contributed by atoms with Crippen molar-refractivity contribution in [1.29, 1.82) is 0 Å². The van der Waals surface area contributed by atoms with E-state index in [1.54, 1.807) is 12.1 Å². The van der Waals surface area contributed by atoms with Crippen LogP contribution in [-0.2, 0) is 0 Å². The van der Waals surface area contributed by atoms with Gasteiger partial charge in [0.25, 0.3) is 5.91 Å². The molecule has 4 N–H and O–H groups in total. The molecule has 1 aromatic carbocycles. The maximum Gasteiger partial charge on any atom is 0.251 e. The molecule has 0 aliphatic rings. The summed E-state index contributed by atoms with van der Waals surface area (Å²) in [6.45, 7) is 2.08. The van der Waals surface area contributed by atoms with Crippen LogP contribution >= 0.6 is 11.6 Å². The van der Waals surface area contributed by atoms with Crippen molar-refractivity contribution >= 4 is 23.2 Å². The topological polar surface area (TPSA) is 75.3 Å². The summed E-state index contributed by atoms with van der Waals surface area (Å²) in [6, 6.07) is 4.67. The lowest BCUT2D eigenvalue weighted by molar-refractivity contribution is 0.0914. The predicted octanol–water partition coefficient (Wildman–Crippen LogP) is 1.42. The van der Waals surface area contributed by atoms with E-state index < -0.39 is 6.10 Å². The third-order valence-electron chi connectivity index (χ3n) is 2.23. The van der Waals surface area contributed by atoms with Crippen molar-refractivity contribution in [3.63, 3.8) is 0 Å². The Hall–Kier alpha value is -1.26. The Morgan fingerprint density at radius 2 is 2.31 bits per heavy atom. The molecule has 0 saturated carbocycles. The number of hydrogen-bond donors (Lipinski definition) is 3. The summed E-state index contributed by atoms with van der Waals surface area (Å²) in [4.78, 5) is 11.6. The van der Waals surface area contributed by atoms with Crippen LogP contribution < -0.4 is 11.1 Å². The lowest BCUT2D eigenvalue weighted by atomic mass is 10.2. The number of rotatable bonds is 4. The van der Waals surface area contributed by atoms with E-state index in [0.717, 1.165) is 0 Å². The molecule has 0 aromatic heterocycles. The standard InChI is InChI=1S/C11H15ClN2O2/c1-2-8(15)6-14-11(16)7-3-4-9(12)10(13)5-7/h3-5,8,15H,2,6,13H2,1H3,(H,14,16). The minimum absolute atomic E-state index is 0.234. The second kappa shape index (κ2) is 5.72. The van der Waals surface area contributed by atoms with E-state index in [4.69, 9.17) is 17.3 Å². The van der Waals surface area contributed by atoms with Gasteiger partial charge in [0, 0.05) is 12.1 Å². The molecule has 0 heterocycles. The summed E-state index contributed by atoms with van der Waals surface area (Å²) in [5, 5.41) is 12.3. The summed E-state index contributed by atoms with van der Waals surface area (Å²) in [5.74, 6) is -0.268. The highest BCUT2D eigenvalue weighted by Crippen LogP contribution is 2.19. The molecular weight excluding hydrogens is 228 g/mol. The number of benzene rings is 1. The normalized spacial score (nSPS) is 12.2. The molecule has 16 heavy (non-hydrogen) atoms. The zero-order valence-electron chi connectivity index (χ0n) is 9.03. The third-order valence-corrected chi connectivity index (χ3v) is 2.57. The Bertz CT molecular complexity index is 382. The quantitative estimate of drug-likeness (QED) is 0.699. The van der Waals surface area contributed by atoms with E-state index in [1.165, 1.54) is 6.07 Å². The fourth-order valence-electron chi connectivity index (χ4n) is 1.14. The molecule has 5 heteroatoms. The Morgan fingerprint density at radius 1 is 1.62 bits per heavy atom. The molecule has 0 fully saturated rings. The maximum absolute atomic E-state index is 11.6. The summed E-state index contributed by atoms with van der Waals surface area (Å²) >= 11 is 5.74. The summed E-state index contributed by atoms with van der Waals surface area (Å²) in [5.41, 5.74) is 6.38. The zero-order valence-corrected chi connectivity index (χ0v) is 9.79. The van der Waals surface area contributed by atoms with Crippen LogP contribution in [0.1, 0.15) is 23.7 Å². The van der Waals surface area contributed by atoms with Crippen molar-refractivity contribution in [1.82, 2.24) is 5.32 Å². The van der Waals surface area contributed by atoms with Crippen LogP contribution in [0.2, 0.25) is 5.02 Å². The van der Waals surface area contributed by atoms with Crippen LogP contribution in [0.15, 0.2) is 18.2 Å². The molecule has 0 aliphatic heterocycles. The van der Waals surface area contributed by atoms with E-state index in [-0.39, 0.29) is 12.5 Å². The molecule has 0 bridgehead atoms. The summed E-state index contributed by atoms with van der Waals surface area (Å²) in [7, 11) is 0. The van der Waals surface area contributed by atoms with Crippen molar-refractivity contribution < 1.29 is 9.90 Å².